The number of rotatable bonds is 10. The van der Waals surface area contributed by atoms with Crippen molar-refractivity contribution in [1.29, 1.82) is 0 Å². The van der Waals surface area contributed by atoms with E-state index < -0.39 is 0 Å². The number of nitrogens with one attached hydrogen (secondary N) is 2. The van der Waals surface area contributed by atoms with Crippen LogP contribution in [0.1, 0.15) is 58.1 Å². The Hall–Kier alpha value is -4.21. The Bertz CT molecular complexity index is 1660. The number of amides is 2. The molecule has 2 N–H and O–H groups in total. The highest BCUT2D eigenvalue weighted by molar-refractivity contribution is 5.99. The third-order valence-electron chi connectivity index (χ3n) is 9.85. The van der Waals surface area contributed by atoms with Crippen molar-refractivity contribution in [2.45, 2.75) is 59.7 Å². The van der Waals surface area contributed by atoms with Crippen LogP contribution in [0.4, 0.5) is 5.69 Å². The number of aromatic nitrogens is 1. The lowest BCUT2D eigenvalue weighted by Crippen LogP contribution is -2.46. The Morgan fingerprint density at radius 2 is 1.72 bits per heavy atom. The van der Waals surface area contributed by atoms with Crippen LogP contribution in [0, 0.1) is 20.8 Å². The number of nitrogens with zero attached hydrogens (tertiary/aromatic N) is 4. The standard InChI is InChI=1S/C38H50N6O3/c1-7-36(45)43-14-12-32(13-15-43)44(8-2)35-23-31(30-11-9-10-29(21-30)25-42-18-16-41(6)17-19-42)22-33(28(35)5)37(46)39-24-34-26(3)20-27(4)40-38(34)47/h7,9-11,20-23,32H,1,8,12-19,24-25H2,2-6H3,(H,39,46)(H,40,47). The molecular weight excluding hydrogens is 588 g/mol. The maximum absolute atomic E-state index is 14.0. The van der Waals surface area contributed by atoms with Crippen molar-refractivity contribution < 1.29 is 9.59 Å². The molecule has 2 amide bonds. The second kappa shape index (κ2) is 15.1. The van der Waals surface area contributed by atoms with Gasteiger partial charge in [0.15, 0.2) is 0 Å². The Labute approximate surface area is 279 Å². The van der Waals surface area contributed by atoms with Crippen molar-refractivity contribution in [1.82, 2.24) is 25.0 Å². The maximum Gasteiger partial charge on any atom is 0.253 e. The minimum Gasteiger partial charge on any atom is -0.368 e. The summed E-state index contributed by atoms with van der Waals surface area (Å²) in [6.45, 7) is 19.0. The molecule has 2 aromatic carbocycles. The average Bonchev–Trinajstić information content (AvgIpc) is 3.06. The van der Waals surface area contributed by atoms with Gasteiger partial charge in [-0.1, -0.05) is 24.8 Å². The number of likely N-dealkylation sites (tertiary alicyclic amines) is 1. The number of carbonyl (C=O) groups excluding carboxylic acids is 2. The van der Waals surface area contributed by atoms with Gasteiger partial charge in [0.1, 0.15) is 0 Å². The van der Waals surface area contributed by atoms with Gasteiger partial charge in [-0.2, -0.15) is 0 Å². The summed E-state index contributed by atoms with van der Waals surface area (Å²) in [7, 11) is 2.17. The first-order chi connectivity index (χ1) is 22.6. The van der Waals surface area contributed by atoms with Crippen LogP contribution in [0.2, 0.25) is 0 Å². The quantitative estimate of drug-likeness (QED) is 0.315. The predicted octanol–water partition coefficient (Wildman–Crippen LogP) is 4.65. The molecule has 250 valence electrons. The molecule has 2 aliphatic rings. The Balaban J connectivity index is 1.48. The summed E-state index contributed by atoms with van der Waals surface area (Å²) in [5, 5.41) is 3.05. The lowest BCUT2D eigenvalue weighted by molar-refractivity contribution is -0.127. The predicted molar refractivity (Wildman–Crippen MR) is 190 cm³/mol. The van der Waals surface area contributed by atoms with Gasteiger partial charge in [-0.15, -0.1) is 0 Å². The number of aromatic amines is 1. The molecule has 2 aliphatic heterocycles. The van der Waals surface area contributed by atoms with E-state index in [9.17, 15) is 14.4 Å². The van der Waals surface area contributed by atoms with E-state index in [1.54, 1.807) is 0 Å². The van der Waals surface area contributed by atoms with Gasteiger partial charge in [-0.05, 0) is 106 Å². The molecule has 0 atom stereocenters. The summed E-state index contributed by atoms with van der Waals surface area (Å²) in [6, 6.07) is 15.0. The number of H-pyrrole nitrogens is 1. The third-order valence-corrected chi connectivity index (χ3v) is 9.85. The van der Waals surface area contributed by atoms with E-state index in [1.807, 2.05) is 37.8 Å². The van der Waals surface area contributed by atoms with Crippen LogP contribution in [-0.4, -0.2) is 90.4 Å². The summed E-state index contributed by atoms with van der Waals surface area (Å²) in [6.07, 6.45) is 3.07. The van der Waals surface area contributed by atoms with Crippen molar-refractivity contribution in [3.05, 3.63) is 99.0 Å². The highest BCUT2D eigenvalue weighted by Gasteiger charge is 2.28. The number of aryl methyl sites for hydroxylation is 2. The lowest BCUT2D eigenvalue weighted by atomic mass is 9.94. The summed E-state index contributed by atoms with van der Waals surface area (Å²) >= 11 is 0. The van der Waals surface area contributed by atoms with Crippen LogP contribution < -0.4 is 15.8 Å². The fourth-order valence-corrected chi connectivity index (χ4v) is 7.03. The third kappa shape index (κ3) is 8.03. The number of piperazine rings is 1. The molecule has 0 bridgehead atoms. The monoisotopic (exact) mass is 638 g/mol. The molecule has 0 unspecified atom stereocenters. The number of carbonyl (C=O) groups is 2. The van der Waals surface area contributed by atoms with Crippen LogP contribution in [-0.2, 0) is 17.9 Å². The number of hydrogen-bond donors (Lipinski definition) is 2. The Kier molecular flexibility index (Phi) is 11.0. The minimum absolute atomic E-state index is 0.0252. The largest absolute Gasteiger partial charge is 0.368 e. The number of benzene rings is 2. The van der Waals surface area contributed by atoms with E-state index >= 15 is 0 Å². The van der Waals surface area contributed by atoms with Crippen molar-refractivity contribution in [2.24, 2.45) is 0 Å². The van der Waals surface area contributed by atoms with E-state index in [0.29, 0.717) is 24.2 Å². The van der Waals surface area contributed by atoms with Gasteiger partial charge in [0.25, 0.3) is 11.5 Å². The van der Waals surface area contributed by atoms with Gasteiger partial charge < -0.3 is 25.0 Å². The Morgan fingerprint density at radius 3 is 2.38 bits per heavy atom. The van der Waals surface area contributed by atoms with Crippen LogP contribution in [0.3, 0.4) is 0 Å². The van der Waals surface area contributed by atoms with Crippen molar-refractivity contribution in [2.75, 3.05) is 57.8 Å². The molecule has 47 heavy (non-hydrogen) atoms. The molecule has 9 heteroatoms. The molecule has 2 fully saturated rings. The van der Waals surface area contributed by atoms with Gasteiger partial charge in [-0.25, -0.2) is 0 Å². The highest BCUT2D eigenvalue weighted by atomic mass is 16.2. The Morgan fingerprint density at radius 1 is 1.00 bits per heavy atom. The molecular formula is C38H50N6O3. The molecule has 9 nitrogen and oxygen atoms in total. The van der Waals surface area contributed by atoms with Crippen LogP contribution in [0.5, 0.6) is 0 Å². The summed E-state index contributed by atoms with van der Waals surface area (Å²) in [4.78, 5) is 50.9. The van der Waals surface area contributed by atoms with E-state index in [0.717, 1.165) is 85.7 Å². The van der Waals surface area contributed by atoms with E-state index in [-0.39, 0.29) is 30.0 Å². The van der Waals surface area contributed by atoms with Gasteiger partial charge >= 0.3 is 0 Å². The van der Waals surface area contributed by atoms with E-state index in [1.165, 1.54) is 11.6 Å². The second-order valence-corrected chi connectivity index (χ2v) is 13.1. The highest BCUT2D eigenvalue weighted by Crippen LogP contribution is 2.34. The summed E-state index contributed by atoms with van der Waals surface area (Å²) in [5.41, 5.74) is 7.87. The minimum atomic E-state index is -0.207. The van der Waals surface area contributed by atoms with Crippen molar-refractivity contribution in [3.8, 4) is 11.1 Å². The van der Waals surface area contributed by atoms with Gasteiger partial charge in [0.2, 0.25) is 5.91 Å². The molecule has 3 heterocycles. The van der Waals surface area contributed by atoms with Crippen molar-refractivity contribution >= 4 is 17.5 Å². The number of hydrogen-bond acceptors (Lipinski definition) is 6. The van der Waals surface area contributed by atoms with Gasteiger partial charge in [0, 0.05) is 87.5 Å². The SMILES string of the molecule is C=CC(=O)N1CCC(N(CC)c2cc(-c3cccc(CN4CCN(C)CC4)c3)cc(C(=O)NCc3c(C)cc(C)[nH]c3=O)c2C)CC1. The maximum atomic E-state index is 14.0. The number of likely N-dealkylation sites (N-methyl/N-ethyl adjacent to an activating group) is 1. The fourth-order valence-electron chi connectivity index (χ4n) is 7.03. The molecule has 0 aliphatic carbocycles. The lowest BCUT2D eigenvalue weighted by Gasteiger charge is -2.40. The molecule has 3 aromatic rings. The summed E-state index contributed by atoms with van der Waals surface area (Å²) in [5.74, 6) is -0.233. The fraction of sp³-hybridized carbons (Fsp3) is 0.447. The topological polar surface area (TPSA) is 92.0 Å². The van der Waals surface area contributed by atoms with Gasteiger partial charge in [-0.3, -0.25) is 19.3 Å². The van der Waals surface area contributed by atoms with Crippen LogP contribution >= 0.6 is 0 Å². The first kappa shape index (κ1) is 34.1. The normalized spacial score (nSPS) is 16.2. The smallest absolute Gasteiger partial charge is 0.253 e. The zero-order valence-corrected chi connectivity index (χ0v) is 28.7. The zero-order valence-electron chi connectivity index (χ0n) is 28.7. The summed E-state index contributed by atoms with van der Waals surface area (Å²) < 4.78 is 0. The first-order valence-corrected chi connectivity index (χ1v) is 16.9. The molecule has 5 rings (SSSR count). The van der Waals surface area contributed by atoms with Gasteiger partial charge in [0.05, 0.1) is 0 Å². The van der Waals surface area contributed by atoms with E-state index in [4.69, 9.17) is 0 Å². The number of piperidine rings is 1. The molecule has 0 spiro atoms. The number of pyridine rings is 1. The first-order valence-electron chi connectivity index (χ1n) is 16.9. The van der Waals surface area contributed by atoms with Crippen molar-refractivity contribution in [3.63, 3.8) is 0 Å². The molecule has 0 radical (unpaired) electrons. The molecule has 2 saturated heterocycles. The van der Waals surface area contributed by atoms with E-state index in [2.05, 4.69) is 75.9 Å². The zero-order chi connectivity index (χ0) is 33.7. The number of anilines is 1. The second-order valence-electron chi connectivity index (χ2n) is 13.1. The van der Waals surface area contributed by atoms with Crippen LogP contribution in [0.25, 0.3) is 11.1 Å². The van der Waals surface area contributed by atoms with Crippen LogP contribution in [0.15, 0.2) is 59.9 Å². The average molecular weight is 639 g/mol. The molecule has 1 aromatic heterocycles. The molecule has 0 saturated carbocycles.